The number of anilines is 1. The minimum absolute atomic E-state index is 0.747. The van der Waals surface area contributed by atoms with Crippen molar-refractivity contribution in [2.75, 3.05) is 11.9 Å². The summed E-state index contributed by atoms with van der Waals surface area (Å²) in [4.78, 5) is 13.5. The molecule has 0 amide bonds. The molecule has 0 spiro atoms. The van der Waals surface area contributed by atoms with Gasteiger partial charge in [-0.05, 0) is 38.8 Å². The molecule has 0 aliphatic heterocycles. The molecule has 100 valence electrons. The van der Waals surface area contributed by atoms with E-state index >= 15 is 0 Å². The summed E-state index contributed by atoms with van der Waals surface area (Å²) in [5.74, 6) is 1.69. The molecule has 1 N–H and O–H groups in total. The zero-order chi connectivity index (χ0) is 13.8. The molecule has 0 atom stereocenters. The van der Waals surface area contributed by atoms with E-state index in [9.17, 15) is 0 Å². The minimum atomic E-state index is 0.747. The summed E-state index contributed by atoms with van der Waals surface area (Å²) < 4.78 is 0. The molecule has 0 aliphatic rings. The number of aromatic nitrogens is 3. The van der Waals surface area contributed by atoms with Gasteiger partial charge in [-0.3, -0.25) is 4.98 Å². The molecule has 4 nitrogen and oxygen atoms in total. The zero-order valence-electron chi connectivity index (χ0n) is 12.0. The first-order valence-corrected chi connectivity index (χ1v) is 6.69. The van der Waals surface area contributed by atoms with Crippen molar-refractivity contribution in [3.63, 3.8) is 0 Å². The van der Waals surface area contributed by atoms with E-state index in [1.54, 1.807) is 6.20 Å². The second-order valence-electron chi connectivity index (χ2n) is 4.53. The Morgan fingerprint density at radius 1 is 1.16 bits per heavy atom. The summed E-state index contributed by atoms with van der Waals surface area (Å²) in [6.07, 6.45) is 4.54. The predicted octanol–water partition coefficient (Wildman–Crippen LogP) is 3.15. The highest BCUT2D eigenvalue weighted by Crippen LogP contribution is 2.24. The van der Waals surface area contributed by atoms with E-state index in [-0.39, 0.29) is 0 Å². The van der Waals surface area contributed by atoms with Crippen molar-refractivity contribution in [3.8, 4) is 11.4 Å². The first-order chi connectivity index (χ1) is 9.17. The van der Waals surface area contributed by atoms with Crippen LogP contribution in [0.4, 0.5) is 5.82 Å². The molecule has 19 heavy (non-hydrogen) atoms. The van der Waals surface area contributed by atoms with E-state index in [4.69, 9.17) is 0 Å². The van der Waals surface area contributed by atoms with Gasteiger partial charge in [-0.2, -0.15) is 0 Å². The van der Waals surface area contributed by atoms with Gasteiger partial charge < -0.3 is 5.32 Å². The van der Waals surface area contributed by atoms with E-state index in [0.29, 0.717) is 0 Å². The molecule has 0 saturated heterocycles. The molecule has 0 radical (unpaired) electrons. The summed E-state index contributed by atoms with van der Waals surface area (Å²) in [6, 6.07) is 1.98. The average molecular weight is 256 g/mol. The van der Waals surface area contributed by atoms with Crippen LogP contribution in [0.3, 0.4) is 0 Å². The summed E-state index contributed by atoms with van der Waals surface area (Å²) in [6.45, 7) is 9.15. The van der Waals surface area contributed by atoms with E-state index in [2.05, 4.69) is 41.0 Å². The van der Waals surface area contributed by atoms with Gasteiger partial charge in [0.25, 0.3) is 0 Å². The van der Waals surface area contributed by atoms with Crippen LogP contribution in [0.5, 0.6) is 0 Å². The Balaban J connectivity index is 2.57. The number of pyridine rings is 1. The van der Waals surface area contributed by atoms with Crippen LogP contribution in [0.1, 0.15) is 30.7 Å². The highest BCUT2D eigenvalue weighted by molar-refractivity contribution is 5.62. The maximum Gasteiger partial charge on any atom is 0.163 e. The number of nitrogens with zero attached hydrogens (tertiary/aromatic N) is 3. The van der Waals surface area contributed by atoms with Crippen LogP contribution in [-0.4, -0.2) is 21.5 Å². The van der Waals surface area contributed by atoms with Gasteiger partial charge in [0.15, 0.2) is 5.82 Å². The van der Waals surface area contributed by atoms with Gasteiger partial charge in [-0.1, -0.05) is 6.92 Å². The van der Waals surface area contributed by atoms with Gasteiger partial charge in [-0.25, -0.2) is 9.97 Å². The maximum atomic E-state index is 4.66. The number of rotatable bonds is 4. The smallest absolute Gasteiger partial charge is 0.163 e. The van der Waals surface area contributed by atoms with Crippen molar-refractivity contribution in [3.05, 3.63) is 35.3 Å². The Morgan fingerprint density at radius 3 is 2.58 bits per heavy atom. The van der Waals surface area contributed by atoms with Crippen molar-refractivity contribution >= 4 is 5.82 Å². The molecule has 2 rings (SSSR count). The number of hydrogen-bond donors (Lipinski definition) is 1. The monoisotopic (exact) mass is 256 g/mol. The lowest BCUT2D eigenvalue weighted by Gasteiger charge is -2.13. The van der Waals surface area contributed by atoms with Gasteiger partial charge in [0.2, 0.25) is 0 Å². The molecule has 0 unspecified atom stereocenters. The van der Waals surface area contributed by atoms with Gasteiger partial charge in [-0.15, -0.1) is 0 Å². The normalized spacial score (nSPS) is 10.5. The molecule has 0 bridgehead atoms. The van der Waals surface area contributed by atoms with E-state index in [1.165, 1.54) is 5.56 Å². The fourth-order valence-corrected chi connectivity index (χ4v) is 2.15. The third kappa shape index (κ3) is 2.72. The Hall–Kier alpha value is -1.97. The fourth-order valence-electron chi connectivity index (χ4n) is 2.15. The summed E-state index contributed by atoms with van der Waals surface area (Å²) in [5.41, 5.74) is 4.35. The highest BCUT2D eigenvalue weighted by atomic mass is 15.0. The third-order valence-corrected chi connectivity index (χ3v) is 3.19. The Morgan fingerprint density at radius 2 is 1.95 bits per heavy atom. The average Bonchev–Trinajstić information content (AvgIpc) is 2.39. The lowest BCUT2D eigenvalue weighted by molar-refractivity contribution is 0.987. The van der Waals surface area contributed by atoms with Crippen molar-refractivity contribution in [2.45, 2.75) is 34.1 Å². The molecular formula is C15H20N4. The maximum absolute atomic E-state index is 4.66. The molecular weight excluding hydrogens is 236 g/mol. The predicted molar refractivity (Wildman–Crippen MR) is 78.3 cm³/mol. The second kappa shape index (κ2) is 5.78. The first-order valence-electron chi connectivity index (χ1n) is 6.69. The van der Waals surface area contributed by atoms with E-state index < -0.39 is 0 Å². The lowest BCUT2D eigenvalue weighted by Crippen LogP contribution is -2.08. The quantitative estimate of drug-likeness (QED) is 0.913. The first kappa shape index (κ1) is 13.5. The lowest BCUT2D eigenvalue weighted by atomic mass is 10.1. The summed E-state index contributed by atoms with van der Waals surface area (Å²) in [7, 11) is 0. The third-order valence-electron chi connectivity index (χ3n) is 3.19. The van der Waals surface area contributed by atoms with Crippen molar-refractivity contribution < 1.29 is 0 Å². The second-order valence-corrected chi connectivity index (χ2v) is 4.53. The van der Waals surface area contributed by atoms with E-state index in [1.807, 2.05) is 19.2 Å². The van der Waals surface area contributed by atoms with Crippen molar-refractivity contribution in [2.24, 2.45) is 0 Å². The van der Waals surface area contributed by atoms with Gasteiger partial charge >= 0.3 is 0 Å². The fraction of sp³-hybridized carbons (Fsp3) is 0.400. The molecule has 2 heterocycles. The van der Waals surface area contributed by atoms with E-state index in [0.717, 1.165) is 41.4 Å². The number of hydrogen-bond acceptors (Lipinski definition) is 4. The minimum Gasteiger partial charge on any atom is -0.370 e. The van der Waals surface area contributed by atoms with Crippen LogP contribution >= 0.6 is 0 Å². The van der Waals surface area contributed by atoms with Crippen LogP contribution in [0.15, 0.2) is 18.5 Å². The Bertz CT molecular complexity index is 578. The molecule has 2 aromatic rings. The van der Waals surface area contributed by atoms with Gasteiger partial charge in [0, 0.05) is 35.8 Å². The van der Waals surface area contributed by atoms with Crippen LogP contribution < -0.4 is 5.32 Å². The number of aryl methyl sites for hydroxylation is 2. The molecule has 2 aromatic heterocycles. The molecule has 4 heteroatoms. The van der Waals surface area contributed by atoms with Crippen LogP contribution in [0.2, 0.25) is 0 Å². The topological polar surface area (TPSA) is 50.7 Å². The van der Waals surface area contributed by atoms with Gasteiger partial charge in [0.05, 0.1) is 0 Å². The SMILES string of the molecule is CCNc1nc(-c2cnccc2C)nc(C)c1CC. The largest absolute Gasteiger partial charge is 0.370 e. The Labute approximate surface area is 114 Å². The Kier molecular flexibility index (Phi) is 4.10. The number of nitrogens with one attached hydrogen (secondary N) is 1. The molecule has 0 aliphatic carbocycles. The summed E-state index contributed by atoms with van der Waals surface area (Å²) in [5, 5.41) is 3.33. The van der Waals surface area contributed by atoms with Crippen LogP contribution in [0.25, 0.3) is 11.4 Å². The van der Waals surface area contributed by atoms with Crippen molar-refractivity contribution in [1.82, 2.24) is 15.0 Å². The zero-order valence-corrected chi connectivity index (χ0v) is 12.0. The van der Waals surface area contributed by atoms with Crippen LogP contribution in [0, 0.1) is 13.8 Å². The van der Waals surface area contributed by atoms with Gasteiger partial charge in [0.1, 0.15) is 5.82 Å². The summed E-state index contributed by atoms with van der Waals surface area (Å²) >= 11 is 0. The highest BCUT2D eigenvalue weighted by Gasteiger charge is 2.12. The standard InChI is InChI=1S/C15H20N4/c1-5-12-11(4)18-15(19-14(12)17-6-2)13-9-16-8-7-10(13)3/h7-9H,5-6H2,1-4H3,(H,17,18,19). The molecule has 0 saturated carbocycles. The molecule has 0 aromatic carbocycles. The molecule has 0 fully saturated rings. The van der Waals surface area contributed by atoms with Crippen LogP contribution in [-0.2, 0) is 6.42 Å². The van der Waals surface area contributed by atoms with Crippen molar-refractivity contribution in [1.29, 1.82) is 0 Å².